The minimum Gasteiger partial charge on any atom is -0.394 e. The van der Waals surface area contributed by atoms with Crippen LogP contribution in [0.2, 0.25) is 0 Å². The maximum Gasteiger partial charge on any atom is 0.0716 e. The van der Waals surface area contributed by atoms with Gasteiger partial charge in [0.25, 0.3) is 0 Å². The Hall–Kier alpha value is -1.43. The summed E-state index contributed by atoms with van der Waals surface area (Å²) in [4.78, 5) is 0. The van der Waals surface area contributed by atoms with Gasteiger partial charge in [0.1, 0.15) is 0 Å². The van der Waals surface area contributed by atoms with Gasteiger partial charge in [-0.2, -0.15) is 0 Å². The van der Waals surface area contributed by atoms with Gasteiger partial charge in [0.2, 0.25) is 0 Å². The maximum absolute atomic E-state index is 9.24. The van der Waals surface area contributed by atoms with Crippen LogP contribution in [0.15, 0.2) is 54.6 Å². The first kappa shape index (κ1) is 24.6. The molecule has 0 spiro atoms. The number of benzene rings is 2. The zero-order valence-corrected chi connectivity index (χ0v) is 17.4. The van der Waals surface area contributed by atoms with Crippen LogP contribution in [0.25, 0.3) is 0 Å². The quantitative estimate of drug-likeness (QED) is 0.443. The topological polar surface area (TPSA) is 75.7 Å². The van der Waals surface area contributed by atoms with Crippen LogP contribution in [-0.2, 0) is 24.2 Å². The first-order valence-electron chi connectivity index (χ1n) is 9.85. The highest BCUT2D eigenvalue weighted by atomic mass is 35.5. The van der Waals surface area contributed by atoms with E-state index >= 15 is 0 Å². The van der Waals surface area contributed by atoms with E-state index in [4.69, 9.17) is 10.5 Å². The van der Waals surface area contributed by atoms with Gasteiger partial charge in [-0.3, -0.25) is 0 Å². The summed E-state index contributed by atoms with van der Waals surface area (Å²) in [6.07, 6.45) is 5.90. The third-order valence-corrected chi connectivity index (χ3v) is 4.93. The summed E-state index contributed by atoms with van der Waals surface area (Å²) < 4.78 is 5.77. The summed E-state index contributed by atoms with van der Waals surface area (Å²) in [6.45, 7) is 1.01. The van der Waals surface area contributed by atoms with Crippen molar-refractivity contribution < 1.29 is 14.9 Å². The molecule has 2 aromatic carbocycles. The number of nitrogens with two attached hydrogens (primary N) is 1. The molecule has 0 aliphatic carbocycles. The molecule has 0 unspecified atom stereocenters. The predicted molar refractivity (Wildman–Crippen MR) is 117 cm³/mol. The Morgan fingerprint density at radius 3 is 2.00 bits per heavy atom. The molecule has 0 saturated carbocycles. The summed E-state index contributed by atoms with van der Waals surface area (Å²) in [7, 11) is 0. The second kappa shape index (κ2) is 13.7. The molecule has 0 fully saturated rings. The zero-order valence-electron chi connectivity index (χ0n) is 16.6. The predicted octanol–water partition coefficient (Wildman–Crippen LogP) is 3.65. The Kier molecular flexibility index (Phi) is 12.0. The minimum atomic E-state index is -0.901. The highest BCUT2D eigenvalue weighted by Crippen LogP contribution is 2.13. The highest BCUT2D eigenvalue weighted by molar-refractivity contribution is 5.85. The van der Waals surface area contributed by atoms with Crippen LogP contribution in [0.1, 0.15) is 42.4 Å². The van der Waals surface area contributed by atoms with Crippen molar-refractivity contribution in [3.63, 3.8) is 0 Å². The Labute approximate surface area is 175 Å². The molecule has 28 heavy (non-hydrogen) atoms. The number of aliphatic hydroxyl groups excluding tert-OH is 2. The van der Waals surface area contributed by atoms with Crippen LogP contribution in [-0.4, -0.2) is 35.6 Å². The third kappa shape index (κ3) is 9.18. The SMILES string of the molecule is Cl.NC(CO)(CO)CCc1ccc(COCCCCCc2ccccc2)cc1. The minimum absolute atomic E-state index is 0. The molecule has 0 saturated heterocycles. The van der Waals surface area contributed by atoms with Gasteiger partial charge in [-0.25, -0.2) is 0 Å². The summed E-state index contributed by atoms with van der Waals surface area (Å²) >= 11 is 0. The number of aliphatic hydroxyl groups is 2. The average Bonchev–Trinajstić information content (AvgIpc) is 2.73. The fraction of sp³-hybridized carbons (Fsp3) is 0.478. The summed E-state index contributed by atoms with van der Waals surface area (Å²) in [5.41, 5.74) is 8.72. The van der Waals surface area contributed by atoms with Gasteiger partial charge >= 0.3 is 0 Å². The molecule has 156 valence electrons. The van der Waals surface area contributed by atoms with Crippen molar-refractivity contribution in [2.75, 3.05) is 19.8 Å². The van der Waals surface area contributed by atoms with Gasteiger partial charge in [-0.1, -0.05) is 61.0 Å². The summed E-state index contributed by atoms with van der Waals surface area (Å²) in [6, 6.07) is 18.9. The van der Waals surface area contributed by atoms with E-state index in [9.17, 15) is 10.2 Å². The second-order valence-electron chi connectivity index (χ2n) is 7.34. The molecular weight excluding hydrogens is 374 g/mol. The average molecular weight is 408 g/mol. The lowest BCUT2D eigenvalue weighted by Crippen LogP contribution is -2.47. The van der Waals surface area contributed by atoms with Crippen LogP contribution in [0.5, 0.6) is 0 Å². The molecule has 0 aliphatic rings. The number of rotatable bonds is 13. The van der Waals surface area contributed by atoms with Crippen LogP contribution in [0, 0.1) is 0 Å². The molecule has 5 heteroatoms. The van der Waals surface area contributed by atoms with Gasteiger partial charge in [-0.15, -0.1) is 12.4 Å². The number of unbranched alkanes of at least 4 members (excludes halogenated alkanes) is 2. The molecule has 0 amide bonds. The van der Waals surface area contributed by atoms with Crippen LogP contribution >= 0.6 is 12.4 Å². The van der Waals surface area contributed by atoms with Crippen molar-refractivity contribution in [2.24, 2.45) is 5.73 Å². The Balaban J connectivity index is 0.00000392. The first-order chi connectivity index (χ1) is 13.1. The number of ether oxygens (including phenoxy) is 1. The first-order valence-corrected chi connectivity index (χ1v) is 9.85. The maximum atomic E-state index is 9.24. The van der Waals surface area contributed by atoms with Gasteiger partial charge < -0.3 is 20.7 Å². The molecule has 0 aromatic heterocycles. The van der Waals surface area contributed by atoms with Crippen LogP contribution in [0.4, 0.5) is 0 Å². The Morgan fingerprint density at radius 2 is 1.36 bits per heavy atom. The molecule has 0 atom stereocenters. The number of aryl methyl sites for hydroxylation is 2. The van der Waals surface area contributed by atoms with Crippen molar-refractivity contribution in [1.82, 2.24) is 0 Å². The Morgan fingerprint density at radius 1 is 0.750 bits per heavy atom. The lowest BCUT2D eigenvalue weighted by molar-refractivity contribution is 0.114. The molecule has 2 rings (SSSR count). The molecule has 0 heterocycles. The van der Waals surface area contributed by atoms with Gasteiger partial charge in [0.15, 0.2) is 0 Å². The zero-order chi connectivity index (χ0) is 19.4. The van der Waals surface area contributed by atoms with Crippen molar-refractivity contribution in [3.8, 4) is 0 Å². The highest BCUT2D eigenvalue weighted by Gasteiger charge is 2.22. The van der Waals surface area contributed by atoms with Crippen molar-refractivity contribution in [1.29, 1.82) is 0 Å². The number of hydrogen-bond donors (Lipinski definition) is 3. The van der Waals surface area contributed by atoms with E-state index in [2.05, 4.69) is 54.6 Å². The van der Waals surface area contributed by atoms with E-state index in [-0.39, 0.29) is 25.6 Å². The molecule has 0 aliphatic heterocycles. The van der Waals surface area contributed by atoms with Crippen molar-refractivity contribution in [2.45, 2.75) is 50.7 Å². The fourth-order valence-corrected chi connectivity index (χ4v) is 2.95. The standard InChI is InChI=1S/C23H33NO3.ClH/c24-23(18-25,19-26)15-14-21-10-12-22(13-11-21)17-27-16-6-2-5-9-20-7-3-1-4-8-20;/h1,3-4,7-8,10-13,25-26H,2,5-6,9,14-19,24H2;1H. The largest absolute Gasteiger partial charge is 0.394 e. The lowest BCUT2D eigenvalue weighted by atomic mass is 9.94. The normalized spacial score (nSPS) is 11.2. The fourth-order valence-electron chi connectivity index (χ4n) is 2.95. The van der Waals surface area contributed by atoms with Gasteiger partial charge in [-0.05, 0) is 48.8 Å². The van der Waals surface area contributed by atoms with E-state index in [1.807, 2.05) is 0 Å². The summed E-state index contributed by atoms with van der Waals surface area (Å²) in [5.74, 6) is 0. The van der Waals surface area contributed by atoms with E-state index < -0.39 is 5.54 Å². The molecular formula is C23H34ClNO3. The molecule has 0 radical (unpaired) electrons. The van der Waals surface area contributed by atoms with E-state index in [1.165, 1.54) is 18.4 Å². The van der Waals surface area contributed by atoms with Crippen molar-refractivity contribution in [3.05, 3.63) is 71.3 Å². The smallest absolute Gasteiger partial charge is 0.0716 e. The molecule has 0 bridgehead atoms. The van der Waals surface area contributed by atoms with Crippen molar-refractivity contribution >= 4 is 12.4 Å². The third-order valence-electron chi connectivity index (χ3n) is 4.93. The van der Waals surface area contributed by atoms with E-state index in [1.54, 1.807) is 0 Å². The van der Waals surface area contributed by atoms with E-state index in [0.717, 1.165) is 37.0 Å². The monoisotopic (exact) mass is 407 g/mol. The lowest BCUT2D eigenvalue weighted by Gasteiger charge is -2.24. The van der Waals surface area contributed by atoms with Crippen LogP contribution in [0.3, 0.4) is 0 Å². The van der Waals surface area contributed by atoms with Crippen LogP contribution < -0.4 is 5.73 Å². The van der Waals surface area contributed by atoms with Gasteiger partial charge in [0.05, 0.1) is 25.4 Å². The van der Waals surface area contributed by atoms with E-state index in [0.29, 0.717) is 13.0 Å². The van der Waals surface area contributed by atoms with Gasteiger partial charge in [0, 0.05) is 6.61 Å². The molecule has 4 N–H and O–H groups in total. The number of hydrogen-bond acceptors (Lipinski definition) is 4. The summed E-state index contributed by atoms with van der Waals surface area (Å²) in [5, 5.41) is 18.5. The Bertz CT molecular complexity index is 630. The number of halogens is 1. The molecule has 4 nitrogen and oxygen atoms in total. The second-order valence-corrected chi connectivity index (χ2v) is 7.34. The molecule has 2 aromatic rings.